The summed E-state index contributed by atoms with van der Waals surface area (Å²) < 4.78 is 24.3. The number of thiazole rings is 1. The van der Waals surface area contributed by atoms with Crippen molar-refractivity contribution < 1.29 is 23.7 Å². The second kappa shape index (κ2) is 8.17. The predicted molar refractivity (Wildman–Crippen MR) is 93.4 cm³/mol. The molecule has 2 aromatic rings. The first-order valence-corrected chi connectivity index (χ1v) is 8.84. The summed E-state index contributed by atoms with van der Waals surface area (Å²) >= 11 is 1.42. The molecule has 0 radical (unpaired) electrons. The van der Waals surface area contributed by atoms with Gasteiger partial charge in [0, 0.05) is 13.7 Å². The highest BCUT2D eigenvalue weighted by Gasteiger charge is 2.17. The Bertz CT molecular complexity index is 852. The fourth-order valence-electron chi connectivity index (χ4n) is 2.47. The molecule has 0 atom stereocenters. The minimum Gasteiger partial charge on any atom is -0.494 e. The van der Waals surface area contributed by atoms with Crippen LogP contribution in [0.15, 0.2) is 35.2 Å². The monoisotopic (exact) mass is 364 g/mol. The van der Waals surface area contributed by atoms with Crippen LogP contribution in [-0.2, 0) is 25.5 Å². The summed E-state index contributed by atoms with van der Waals surface area (Å²) in [4.78, 5) is 17.2. The third-order valence-electron chi connectivity index (χ3n) is 3.54. The second-order valence-electron chi connectivity index (χ2n) is 5.18. The lowest BCUT2D eigenvalue weighted by atomic mass is 10.3. The van der Waals surface area contributed by atoms with Crippen LogP contribution in [0.5, 0.6) is 5.75 Å². The van der Waals surface area contributed by atoms with Crippen molar-refractivity contribution in [1.82, 2.24) is 4.57 Å². The Hall–Kier alpha value is -2.32. The van der Waals surface area contributed by atoms with E-state index in [-0.39, 0.29) is 5.76 Å². The van der Waals surface area contributed by atoms with E-state index in [1.54, 1.807) is 7.11 Å². The number of benzene rings is 1. The SMILES string of the molecule is CCOc1cccc2sc(=NC(=O)C3=COCCO3)n(CCOC)c12. The molecule has 1 aromatic heterocycles. The molecular formula is C17H20N2O5S. The quantitative estimate of drug-likeness (QED) is 0.785. The van der Waals surface area contributed by atoms with Gasteiger partial charge < -0.3 is 23.5 Å². The van der Waals surface area contributed by atoms with E-state index in [0.29, 0.717) is 37.8 Å². The van der Waals surface area contributed by atoms with Gasteiger partial charge in [-0.1, -0.05) is 17.4 Å². The molecule has 0 unspecified atom stereocenters. The van der Waals surface area contributed by atoms with Crippen LogP contribution >= 0.6 is 11.3 Å². The highest BCUT2D eigenvalue weighted by molar-refractivity contribution is 7.16. The van der Waals surface area contributed by atoms with Crippen LogP contribution in [0.1, 0.15) is 6.92 Å². The molecule has 25 heavy (non-hydrogen) atoms. The van der Waals surface area contributed by atoms with E-state index < -0.39 is 5.91 Å². The summed E-state index contributed by atoms with van der Waals surface area (Å²) in [6.45, 7) is 4.33. The van der Waals surface area contributed by atoms with Crippen molar-refractivity contribution in [3.63, 3.8) is 0 Å². The molecule has 0 bridgehead atoms. The van der Waals surface area contributed by atoms with E-state index in [4.69, 9.17) is 18.9 Å². The second-order valence-corrected chi connectivity index (χ2v) is 6.19. The zero-order chi connectivity index (χ0) is 17.6. The molecule has 0 N–H and O–H groups in total. The van der Waals surface area contributed by atoms with Crippen LogP contribution in [0.2, 0.25) is 0 Å². The lowest BCUT2D eigenvalue weighted by Crippen LogP contribution is -2.21. The first kappa shape index (κ1) is 17.5. The molecule has 0 saturated carbocycles. The number of amides is 1. The van der Waals surface area contributed by atoms with Gasteiger partial charge >= 0.3 is 5.91 Å². The Morgan fingerprint density at radius 1 is 1.40 bits per heavy atom. The molecule has 1 amide bonds. The highest BCUT2D eigenvalue weighted by Crippen LogP contribution is 2.27. The van der Waals surface area contributed by atoms with Gasteiger partial charge in [-0.3, -0.25) is 4.79 Å². The maximum absolute atomic E-state index is 12.4. The van der Waals surface area contributed by atoms with Crippen molar-refractivity contribution in [1.29, 1.82) is 0 Å². The molecule has 1 aliphatic heterocycles. The molecule has 8 heteroatoms. The number of carbonyl (C=O) groups is 1. The number of ether oxygens (including phenoxy) is 4. The highest BCUT2D eigenvalue weighted by atomic mass is 32.1. The number of carbonyl (C=O) groups excluding carboxylic acids is 1. The van der Waals surface area contributed by atoms with Crippen molar-refractivity contribution in [3.8, 4) is 5.75 Å². The standard InChI is InChI=1S/C17H20N2O5S/c1-3-23-12-5-4-6-14-15(12)19(7-8-21-2)17(25-14)18-16(20)13-11-22-9-10-24-13/h4-6,11H,3,7-10H2,1-2H3. The molecule has 1 aliphatic rings. The average molecular weight is 364 g/mol. The van der Waals surface area contributed by atoms with Crippen molar-refractivity contribution in [2.75, 3.05) is 33.5 Å². The van der Waals surface area contributed by atoms with Crippen molar-refractivity contribution >= 4 is 27.5 Å². The predicted octanol–water partition coefficient (Wildman–Crippen LogP) is 2.06. The molecule has 0 fully saturated rings. The van der Waals surface area contributed by atoms with Crippen LogP contribution in [0.25, 0.3) is 10.2 Å². The number of nitrogens with zero attached hydrogens (tertiary/aromatic N) is 2. The van der Waals surface area contributed by atoms with Gasteiger partial charge in [0.1, 0.15) is 30.7 Å². The number of hydrogen-bond acceptors (Lipinski definition) is 6. The summed E-state index contributed by atoms with van der Waals surface area (Å²) in [7, 11) is 1.64. The number of para-hydroxylation sites is 1. The largest absolute Gasteiger partial charge is 0.494 e. The van der Waals surface area contributed by atoms with Crippen molar-refractivity contribution in [2.24, 2.45) is 4.99 Å². The molecule has 1 aromatic carbocycles. The molecule has 2 heterocycles. The van der Waals surface area contributed by atoms with Gasteiger partial charge in [-0.25, -0.2) is 0 Å². The van der Waals surface area contributed by atoms with Crippen LogP contribution in [0, 0.1) is 0 Å². The van der Waals surface area contributed by atoms with Gasteiger partial charge in [0.15, 0.2) is 4.80 Å². The minimum absolute atomic E-state index is 0.118. The Balaban J connectivity index is 2.09. The number of fused-ring (bicyclic) bond motifs is 1. The smallest absolute Gasteiger partial charge is 0.317 e. The third kappa shape index (κ3) is 3.85. The first-order valence-electron chi connectivity index (χ1n) is 8.02. The Labute approximate surface area is 149 Å². The van der Waals surface area contributed by atoms with E-state index in [1.807, 2.05) is 29.7 Å². The number of rotatable bonds is 6. The van der Waals surface area contributed by atoms with Gasteiger partial charge in [-0.2, -0.15) is 4.99 Å². The van der Waals surface area contributed by atoms with E-state index >= 15 is 0 Å². The van der Waals surface area contributed by atoms with Gasteiger partial charge in [-0.15, -0.1) is 0 Å². The number of methoxy groups -OCH3 is 1. The molecule has 0 aliphatic carbocycles. The van der Waals surface area contributed by atoms with Gasteiger partial charge in [0.25, 0.3) is 0 Å². The molecule has 0 spiro atoms. The minimum atomic E-state index is -0.463. The van der Waals surface area contributed by atoms with Crippen molar-refractivity contribution in [3.05, 3.63) is 35.0 Å². The normalized spacial score (nSPS) is 14.8. The van der Waals surface area contributed by atoms with E-state index in [2.05, 4.69) is 4.99 Å². The zero-order valence-corrected chi connectivity index (χ0v) is 15.0. The van der Waals surface area contributed by atoms with E-state index in [9.17, 15) is 4.79 Å². The van der Waals surface area contributed by atoms with Gasteiger partial charge in [0.2, 0.25) is 5.76 Å². The Morgan fingerprint density at radius 2 is 2.28 bits per heavy atom. The number of aromatic nitrogens is 1. The average Bonchev–Trinajstić information content (AvgIpc) is 2.99. The summed E-state index contributed by atoms with van der Waals surface area (Å²) in [5.41, 5.74) is 0.910. The Morgan fingerprint density at radius 3 is 3.00 bits per heavy atom. The van der Waals surface area contributed by atoms with Crippen LogP contribution in [0.4, 0.5) is 0 Å². The third-order valence-corrected chi connectivity index (χ3v) is 4.58. The summed E-state index contributed by atoms with van der Waals surface area (Å²) in [5.74, 6) is 0.417. The first-order chi connectivity index (χ1) is 12.2. The lowest BCUT2D eigenvalue weighted by Gasteiger charge is -2.12. The summed E-state index contributed by atoms with van der Waals surface area (Å²) in [5, 5.41) is 0. The zero-order valence-electron chi connectivity index (χ0n) is 14.2. The van der Waals surface area contributed by atoms with E-state index in [1.165, 1.54) is 17.6 Å². The Kier molecular flexibility index (Phi) is 5.72. The maximum Gasteiger partial charge on any atom is 0.317 e. The fourth-order valence-corrected chi connectivity index (χ4v) is 3.54. The van der Waals surface area contributed by atoms with Gasteiger partial charge in [-0.05, 0) is 19.1 Å². The van der Waals surface area contributed by atoms with Crippen LogP contribution in [0.3, 0.4) is 0 Å². The lowest BCUT2D eigenvalue weighted by molar-refractivity contribution is -0.119. The van der Waals surface area contributed by atoms with Gasteiger partial charge in [0.05, 0.1) is 17.9 Å². The summed E-state index contributed by atoms with van der Waals surface area (Å²) in [6, 6.07) is 5.82. The molecule has 134 valence electrons. The molecular weight excluding hydrogens is 344 g/mol. The van der Waals surface area contributed by atoms with Crippen LogP contribution < -0.4 is 9.54 Å². The fraction of sp³-hybridized carbons (Fsp3) is 0.412. The molecule has 7 nitrogen and oxygen atoms in total. The maximum atomic E-state index is 12.4. The van der Waals surface area contributed by atoms with Crippen molar-refractivity contribution in [2.45, 2.75) is 13.5 Å². The van der Waals surface area contributed by atoms with E-state index in [0.717, 1.165) is 16.0 Å². The molecule has 3 rings (SSSR count). The van der Waals surface area contributed by atoms with Crippen LogP contribution in [-0.4, -0.2) is 44.0 Å². The summed E-state index contributed by atoms with van der Waals surface area (Å²) in [6.07, 6.45) is 1.31. The topological polar surface area (TPSA) is 71.3 Å². The number of hydrogen-bond donors (Lipinski definition) is 0. The molecule has 0 saturated heterocycles.